The molecule has 1 aromatic heterocycles. The lowest BCUT2D eigenvalue weighted by Crippen LogP contribution is -2.50. The molecule has 4 heteroatoms. The van der Waals surface area contributed by atoms with E-state index in [0.29, 0.717) is 6.04 Å². The van der Waals surface area contributed by atoms with Gasteiger partial charge in [-0.25, -0.2) is 4.98 Å². The minimum absolute atomic E-state index is 0.556. The molecule has 0 bridgehead atoms. The lowest BCUT2D eigenvalue weighted by molar-refractivity contribution is 0.476. The zero-order valence-electron chi connectivity index (χ0n) is 9.82. The Morgan fingerprint density at radius 1 is 1.60 bits per heavy atom. The van der Waals surface area contributed by atoms with E-state index in [1.165, 1.54) is 5.69 Å². The van der Waals surface area contributed by atoms with Crippen molar-refractivity contribution in [3.05, 3.63) is 11.9 Å². The van der Waals surface area contributed by atoms with Crippen molar-refractivity contribution in [3.63, 3.8) is 0 Å². The number of nitrogens with one attached hydrogen (secondary N) is 1. The summed E-state index contributed by atoms with van der Waals surface area (Å²) in [5, 5.41) is 3.44. The van der Waals surface area contributed by atoms with Crippen LogP contribution in [0, 0.1) is 0 Å². The van der Waals surface area contributed by atoms with Gasteiger partial charge in [-0.05, 0) is 13.3 Å². The molecule has 1 aromatic rings. The van der Waals surface area contributed by atoms with Crippen LogP contribution in [0.2, 0.25) is 0 Å². The summed E-state index contributed by atoms with van der Waals surface area (Å²) in [7, 11) is 2.08. The molecule has 0 amide bonds. The van der Waals surface area contributed by atoms with Gasteiger partial charge >= 0.3 is 0 Å². The fourth-order valence-corrected chi connectivity index (χ4v) is 2.10. The average molecular weight is 208 g/mol. The quantitative estimate of drug-likeness (QED) is 0.779. The van der Waals surface area contributed by atoms with Gasteiger partial charge in [0.2, 0.25) is 5.95 Å². The molecule has 1 unspecified atom stereocenters. The van der Waals surface area contributed by atoms with Crippen molar-refractivity contribution in [2.75, 3.05) is 24.5 Å². The molecule has 15 heavy (non-hydrogen) atoms. The highest BCUT2D eigenvalue weighted by Gasteiger charge is 2.19. The normalized spacial score (nSPS) is 22.1. The first kappa shape index (κ1) is 10.5. The van der Waals surface area contributed by atoms with Crippen molar-refractivity contribution < 1.29 is 0 Å². The van der Waals surface area contributed by atoms with E-state index in [1.54, 1.807) is 0 Å². The molecule has 4 nitrogen and oxygen atoms in total. The summed E-state index contributed by atoms with van der Waals surface area (Å²) in [6.45, 7) is 7.52. The van der Waals surface area contributed by atoms with Gasteiger partial charge in [-0.3, -0.25) is 0 Å². The summed E-state index contributed by atoms with van der Waals surface area (Å²) in [4.78, 5) is 7.01. The molecule has 84 valence electrons. The van der Waals surface area contributed by atoms with Gasteiger partial charge in [0.1, 0.15) is 0 Å². The van der Waals surface area contributed by atoms with Crippen LogP contribution in [0.3, 0.4) is 0 Å². The third kappa shape index (κ3) is 2.15. The van der Waals surface area contributed by atoms with Crippen molar-refractivity contribution in [1.29, 1.82) is 0 Å². The second-order valence-corrected chi connectivity index (χ2v) is 4.30. The smallest absolute Gasteiger partial charge is 0.205 e. The molecule has 1 aliphatic heterocycles. The first-order chi connectivity index (χ1) is 7.20. The van der Waals surface area contributed by atoms with Crippen LogP contribution in [0.5, 0.6) is 0 Å². The average Bonchev–Trinajstić information content (AvgIpc) is 2.60. The molecular formula is C11H20N4. The van der Waals surface area contributed by atoms with Crippen molar-refractivity contribution in [2.45, 2.75) is 26.3 Å². The largest absolute Gasteiger partial charge is 0.339 e. The summed E-state index contributed by atoms with van der Waals surface area (Å²) >= 11 is 0. The molecule has 1 aliphatic rings. The minimum Gasteiger partial charge on any atom is -0.339 e. The summed E-state index contributed by atoms with van der Waals surface area (Å²) in [6.07, 6.45) is 3.14. The number of imidazole rings is 1. The minimum atomic E-state index is 0.556. The van der Waals surface area contributed by atoms with E-state index in [-0.39, 0.29) is 0 Å². The Balaban J connectivity index is 2.16. The van der Waals surface area contributed by atoms with Crippen molar-refractivity contribution in [2.24, 2.45) is 7.05 Å². The van der Waals surface area contributed by atoms with Crippen molar-refractivity contribution >= 4 is 5.95 Å². The molecule has 2 heterocycles. The SMILES string of the molecule is CCc1cn(C)c(N2CCNC(C)C2)n1. The zero-order valence-corrected chi connectivity index (χ0v) is 9.82. The Hall–Kier alpha value is -1.03. The van der Waals surface area contributed by atoms with Crippen LogP contribution >= 0.6 is 0 Å². The van der Waals surface area contributed by atoms with Crippen molar-refractivity contribution in [1.82, 2.24) is 14.9 Å². The topological polar surface area (TPSA) is 33.1 Å². The van der Waals surface area contributed by atoms with Gasteiger partial charge in [0.25, 0.3) is 0 Å². The van der Waals surface area contributed by atoms with E-state index < -0.39 is 0 Å². The van der Waals surface area contributed by atoms with Gasteiger partial charge in [-0.1, -0.05) is 6.92 Å². The lowest BCUT2D eigenvalue weighted by Gasteiger charge is -2.32. The van der Waals surface area contributed by atoms with Gasteiger partial charge in [0.05, 0.1) is 5.69 Å². The molecule has 1 saturated heterocycles. The monoisotopic (exact) mass is 208 g/mol. The molecule has 1 fully saturated rings. The van der Waals surface area contributed by atoms with Gasteiger partial charge in [-0.15, -0.1) is 0 Å². The highest BCUT2D eigenvalue weighted by atomic mass is 15.3. The lowest BCUT2D eigenvalue weighted by atomic mass is 10.2. The maximum atomic E-state index is 4.65. The first-order valence-corrected chi connectivity index (χ1v) is 5.71. The molecular weight excluding hydrogens is 188 g/mol. The summed E-state index contributed by atoms with van der Waals surface area (Å²) in [5.74, 6) is 1.11. The van der Waals surface area contributed by atoms with E-state index in [1.807, 2.05) is 0 Å². The molecule has 0 radical (unpaired) electrons. The maximum Gasteiger partial charge on any atom is 0.205 e. The van der Waals surface area contributed by atoms with E-state index in [0.717, 1.165) is 32.0 Å². The van der Waals surface area contributed by atoms with E-state index >= 15 is 0 Å². The third-order valence-electron chi connectivity index (χ3n) is 2.92. The molecule has 1 atom stereocenters. The molecule has 0 saturated carbocycles. The van der Waals surface area contributed by atoms with Crippen LogP contribution in [-0.2, 0) is 13.5 Å². The van der Waals surface area contributed by atoms with Gasteiger partial charge in [-0.2, -0.15) is 0 Å². The van der Waals surface area contributed by atoms with Crippen LogP contribution in [0.4, 0.5) is 5.95 Å². The van der Waals surface area contributed by atoms with Gasteiger partial charge < -0.3 is 14.8 Å². The summed E-state index contributed by atoms with van der Waals surface area (Å²) in [5.41, 5.74) is 1.18. The summed E-state index contributed by atoms with van der Waals surface area (Å²) < 4.78 is 2.14. The van der Waals surface area contributed by atoms with Gasteiger partial charge in [0.15, 0.2) is 0 Å². The fraction of sp³-hybridized carbons (Fsp3) is 0.727. The van der Waals surface area contributed by atoms with Crippen LogP contribution in [0.1, 0.15) is 19.5 Å². The predicted molar refractivity (Wildman–Crippen MR) is 62.3 cm³/mol. The Morgan fingerprint density at radius 2 is 2.40 bits per heavy atom. The van der Waals surface area contributed by atoms with Crippen LogP contribution in [0.25, 0.3) is 0 Å². The van der Waals surface area contributed by atoms with E-state index in [4.69, 9.17) is 0 Å². The molecule has 0 aliphatic carbocycles. The number of hydrogen-bond donors (Lipinski definition) is 1. The number of rotatable bonds is 2. The molecule has 0 spiro atoms. The second-order valence-electron chi connectivity index (χ2n) is 4.30. The number of aromatic nitrogens is 2. The zero-order chi connectivity index (χ0) is 10.8. The van der Waals surface area contributed by atoms with Gasteiger partial charge in [0, 0.05) is 38.9 Å². The number of nitrogens with zero attached hydrogens (tertiary/aromatic N) is 3. The highest BCUT2D eigenvalue weighted by Crippen LogP contribution is 2.15. The van der Waals surface area contributed by atoms with Crippen molar-refractivity contribution in [3.8, 4) is 0 Å². The fourth-order valence-electron chi connectivity index (χ4n) is 2.10. The number of hydrogen-bond acceptors (Lipinski definition) is 3. The highest BCUT2D eigenvalue weighted by molar-refractivity contribution is 5.34. The standard InChI is InChI=1S/C11H20N4/c1-4-10-8-14(3)11(13-10)15-6-5-12-9(2)7-15/h8-9,12H,4-7H2,1-3H3. The Labute approximate surface area is 91.3 Å². The number of aryl methyl sites for hydroxylation is 2. The predicted octanol–water partition coefficient (Wildman–Crippen LogP) is 0.781. The van der Waals surface area contributed by atoms with Crippen LogP contribution in [-0.4, -0.2) is 35.2 Å². The molecule has 2 rings (SSSR count). The molecule has 0 aromatic carbocycles. The maximum absolute atomic E-state index is 4.65. The van der Waals surface area contributed by atoms with Crippen LogP contribution in [0.15, 0.2) is 6.20 Å². The van der Waals surface area contributed by atoms with Crippen LogP contribution < -0.4 is 10.2 Å². The Bertz CT molecular complexity index is 331. The summed E-state index contributed by atoms with van der Waals surface area (Å²) in [6, 6.07) is 0.556. The third-order valence-corrected chi connectivity index (χ3v) is 2.92. The molecule has 1 N–H and O–H groups in total. The Kier molecular flexibility index (Phi) is 2.95. The van der Waals surface area contributed by atoms with E-state index in [9.17, 15) is 0 Å². The number of piperazine rings is 1. The Morgan fingerprint density at radius 3 is 3.00 bits per heavy atom. The second kappa shape index (κ2) is 4.23. The number of anilines is 1. The first-order valence-electron chi connectivity index (χ1n) is 5.71. The van der Waals surface area contributed by atoms with E-state index in [2.05, 4.69) is 46.9 Å².